The SMILES string of the molecule is CN(CC1CCC(C(=O)O)CC1)C(=O)OC(C)(C)C.Cc1cccc2c1C1=C(C2)C(CC(C)C)N(C(=O)C2CCC(CN(C)C(=O)OC(C)(C)C)CC2)CC1.Cc1cccc2c1C1=C(C2)C(CC(C)C)NCC1. The number of carbonyl (C=O) groups excluding carboxylic acids is 3. The highest BCUT2D eigenvalue weighted by molar-refractivity contribution is 5.85. The first-order valence-electron chi connectivity index (χ1n) is 28.1. The number of nitrogens with one attached hydrogen (secondary N) is 1. The number of ether oxygens (including phenoxy) is 2. The Labute approximate surface area is 440 Å². The molecule has 8 rings (SSSR count). The molecule has 11 nitrogen and oxygen atoms in total. The molecule has 3 amide bonds. The summed E-state index contributed by atoms with van der Waals surface area (Å²) in [5.74, 6) is 1.69. The second kappa shape index (κ2) is 24.8. The van der Waals surface area contributed by atoms with E-state index < -0.39 is 17.2 Å². The summed E-state index contributed by atoms with van der Waals surface area (Å²) in [6.45, 7) is 28.2. The molecule has 0 radical (unpaired) electrons. The number of carboxylic acid groups (broad SMARTS) is 1. The van der Waals surface area contributed by atoms with Crippen LogP contribution in [0.5, 0.6) is 0 Å². The van der Waals surface area contributed by atoms with E-state index >= 15 is 0 Å². The van der Waals surface area contributed by atoms with E-state index in [-0.39, 0.29) is 30.1 Å². The van der Waals surface area contributed by atoms with Crippen LogP contribution in [0, 0.1) is 49.4 Å². The van der Waals surface area contributed by atoms with Gasteiger partial charge in [-0.15, -0.1) is 0 Å². The van der Waals surface area contributed by atoms with Gasteiger partial charge in [0.15, 0.2) is 0 Å². The van der Waals surface area contributed by atoms with Gasteiger partial charge in [0.1, 0.15) is 11.2 Å². The van der Waals surface area contributed by atoms with Crippen molar-refractivity contribution < 1.29 is 33.8 Å². The van der Waals surface area contributed by atoms with Gasteiger partial charge < -0.3 is 34.6 Å². The maximum atomic E-state index is 13.9. The van der Waals surface area contributed by atoms with Gasteiger partial charge in [-0.3, -0.25) is 9.59 Å². The summed E-state index contributed by atoms with van der Waals surface area (Å²) in [6.07, 6.45) is 13.1. The molecule has 0 saturated heterocycles. The van der Waals surface area contributed by atoms with E-state index in [0.717, 1.165) is 76.8 Å². The zero-order chi connectivity index (χ0) is 53.5. The quantitative estimate of drug-likeness (QED) is 0.241. The lowest BCUT2D eigenvalue weighted by molar-refractivity contribution is -0.143. The predicted octanol–water partition coefficient (Wildman–Crippen LogP) is 13.1. The third-order valence-corrected chi connectivity index (χ3v) is 16.0. The van der Waals surface area contributed by atoms with Crippen LogP contribution in [-0.2, 0) is 31.9 Å². The number of carbonyl (C=O) groups is 4. The Hall–Kier alpha value is -4.64. The summed E-state index contributed by atoms with van der Waals surface area (Å²) in [4.78, 5) is 54.5. The van der Waals surface area contributed by atoms with Gasteiger partial charge in [0, 0.05) is 45.7 Å². The fraction of sp³-hybridized carbons (Fsp3) is 0.677. The number of nitrogens with zero attached hydrogens (tertiary/aromatic N) is 3. The van der Waals surface area contributed by atoms with Gasteiger partial charge in [-0.1, -0.05) is 64.1 Å². The lowest BCUT2D eigenvalue weighted by atomic mass is 9.79. The molecule has 2 aliphatic heterocycles. The van der Waals surface area contributed by atoms with Gasteiger partial charge in [-0.05, 0) is 231 Å². The minimum atomic E-state index is -0.695. The molecule has 0 spiro atoms. The number of carboxylic acids is 1. The van der Waals surface area contributed by atoms with Crippen LogP contribution in [0.15, 0.2) is 47.5 Å². The average molecular weight is 1010 g/mol. The zero-order valence-corrected chi connectivity index (χ0v) is 47.5. The molecule has 2 saturated carbocycles. The summed E-state index contributed by atoms with van der Waals surface area (Å²) in [6, 6.07) is 14.3. The van der Waals surface area contributed by atoms with Crippen LogP contribution >= 0.6 is 0 Å². The van der Waals surface area contributed by atoms with Gasteiger partial charge in [-0.2, -0.15) is 0 Å². The predicted molar refractivity (Wildman–Crippen MR) is 295 cm³/mol. The molecular weight excluding hydrogens is 913 g/mol. The van der Waals surface area contributed by atoms with Crippen molar-refractivity contribution in [2.75, 3.05) is 40.3 Å². The number of aryl methyl sites for hydroxylation is 2. The summed E-state index contributed by atoms with van der Waals surface area (Å²) in [7, 11) is 3.56. The highest BCUT2D eigenvalue weighted by atomic mass is 16.6. The fourth-order valence-electron chi connectivity index (χ4n) is 12.6. The lowest BCUT2D eigenvalue weighted by Gasteiger charge is -2.41. The standard InChI is InChI=1S/C31H46N2O3.C17H23N.C14H25NO4/c1-20(2)17-27-26-18-24-10-8-9-21(3)28(24)25(26)15-16-33(27)29(34)23-13-11-22(12-14-23)19-32(7)30(35)36-31(4,5)6;1-11(2)9-16-15-10-13-6-4-5-12(3)17(13)14(15)7-8-18-16;1-14(2,3)19-13(18)15(4)9-10-5-7-11(8-6-10)12(16)17/h8-10,20,22-23,27H,11-19H2,1-7H3;4-6,11,16,18H,7-10H2,1-3H3;10-11H,5-9H2,1-4H3,(H,16,17). The van der Waals surface area contributed by atoms with E-state index in [0.29, 0.717) is 55.6 Å². The average Bonchev–Trinajstić information content (AvgIpc) is 3.89. The molecule has 6 aliphatic rings. The Morgan fingerprint density at radius 3 is 1.56 bits per heavy atom. The number of aliphatic carboxylic acids is 1. The van der Waals surface area contributed by atoms with Gasteiger partial charge in [0.05, 0.1) is 12.0 Å². The largest absolute Gasteiger partial charge is 0.481 e. The van der Waals surface area contributed by atoms with Crippen molar-refractivity contribution in [3.63, 3.8) is 0 Å². The highest BCUT2D eigenvalue weighted by Gasteiger charge is 2.41. The molecule has 2 aromatic carbocycles. The molecular formula is C62H94N4O7. The molecule has 2 aromatic rings. The minimum Gasteiger partial charge on any atom is -0.481 e. The molecule has 4 aliphatic carbocycles. The first-order valence-corrected chi connectivity index (χ1v) is 28.1. The van der Waals surface area contributed by atoms with Crippen molar-refractivity contribution in [1.29, 1.82) is 0 Å². The zero-order valence-electron chi connectivity index (χ0n) is 47.5. The van der Waals surface area contributed by atoms with E-state index in [1.54, 1.807) is 39.1 Å². The van der Waals surface area contributed by atoms with Crippen LogP contribution in [0.3, 0.4) is 0 Å². The number of hydrogen-bond donors (Lipinski definition) is 2. The van der Waals surface area contributed by atoms with Crippen LogP contribution in [0.1, 0.15) is 180 Å². The molecule has 0 bridgehead atoms. The monoisotopic (exact) mass is 1010 g/mol. The molecule has 2 atom stereocenters. The number of hydrogen-bond acceptors (Lipinski definition) is 7. The van der Waals surface area contributed by atoms with Crippen LogP contribution in [0.25, 0.3) is 11.1 Å². The minimum absolute atomic E-state index is 0.107. The molecule has 11 heteroatoms. The lowest BCUT2D eigenvalue weighted by Crippen LogP contribution is -2.48. The number of rotatable bonds is 10. The van der Waals surface area contributed by atoms with Crippen molar-refractivity contribution in [3.8, 4) is 0 Å². The van der Waals surface area contributed by atoms with Crippen molar-refractivity contribution in [2.24, 2.45) is 35.5 Å². The Morgan fingerprint density at radius 2 is 1.11 bits per heavy atom. The second-order valence-electron chi connectivity index (χ2n) is 25.4. The van der Waals surface area contributed by atoms with Gasteiger partial charge in [0.25, 0.3) is 0 Å². The van der Waals surface area contributed by atoms with Crippen LogP contribution in [0.4, 0.5) is 9.59 Å². The maximum Gasteiger partial charge on any atom is 0.410 e. The maximum absolute atomic E-state index is 13.9. The molecule has 2 unspecified atom stereocenters. The summed E-state index contributed by atoms with van der Waals surface area (Å²) < 4.78 is 10.8. The van der Waals surface area contributed by atoms with Crippen LogP contribution in [-0.4, -0.2) is 107 Å². The fourth-order valence-corrected chi connectivity index (χ4v) is 12.6. The Morgan fingerprint density at radius 1 is 0.658 bits per heavy atom. The second-order valence-corrected chi connectivity index (χ2v) is 25.4. The summed E-state index contributed by atoms with van der Waals surface area (Å²) in [5, 5.41) is 12.7. The molecule has 0 aromatic heterocycles. The third-order valence-electron chi connectivity index (χ3n) is 16.0. The molecule has 2 N–H and O–H groups in total. The first-order chi connectivity index (χ1) is 34.3. The topological polar surface area (TPSA) is 129 Å². The van der Waals surface area contributed by atoms with Gasteiger partial charge in [-0.25, -0.2) is 9.59 Å². The van der Waals surface area contributed by atoms with E-state index in [1.807, 2.05) is 48.6 Å². The van der Waals surface area contributed by atoms with Crippen LogP contribution in [0.2, 0.25) is 0 Å². The molecule has 404 valence electrons. The van der Waals surface area contributed by atoms with Crippen LogP contribution < -0.4 is 5.32 Å². The summed E-state index contributed by atoms with van der Waals surface area (Å²) >= 11 is 0. The summed E-state index contributed by atoms with van der Waals surface area (Å²) in [5.41, 5.74) is 14.3. The number of amides is 3. The van der Waals surface area contributed by atoms with Gasteiger partial charge >= 0.3 is 18.2 Å². The van der Waals surface area contributed by atoms with E-state index in [9.17, 15) is 19.2 Å². The van der Waals surface area contributed by atoms with Crippen molar-refractivity contribution >= 4 is 35.2 Å². The normalized spacial score (nSPS) is 23.5. The van der Waals surface area contributed by atoms with E-state index in [2.05, 4.69) is 88.2 Å². The highest BCUT2D eigenvalue weighted by Crippen LogP contribution is 2.45. The number of benzene rings is 2. The Balaban J connectivity index is 0.000000197. The number of fused-ring (bicyclic) bond motifs is 4. The first kappa shape index (κ1) is 57.6. The van der Waals surface area contributed by atoms with Gasteiger partial charge in [0.2, 0.25) is 5.91 Å². The Kier molecular flexibility index (Phi) is 19.6. The third kappa shape index (κ3) is 15.5. The van der Waals surface area contributed by atoms with Crippen molar-refractivity contribution in [2.45, 2.75) is 196 Å². The smallest absolute Gasteiger partial charge is 0.410 e. The molecule has 73 heavy (non-hydrogen) atoms. The Bertz CT molecular complexity index is 2320. The van der Waals surface area contributed by atoms with Crippen molar-refractivity contribution in [3.05, 3.63) is 80.9 Å². The van der Waals surface area contributed by atoms with Crippen molar-refractivity contribution in [1.82, 2.24) is 20.0 Å². The van der Waals surface area contributed by atoms with E-state index in [1.165, 1.54) is 52.7 Å². The molecule has 2 fully saturated rings. The van der Waals surface area contributed by atoms with E-state index in [4.69, 9.17) is 14.6 Å². The molecule has 2 heterocycles.